The van der Waals surface area contributed by atoms with Crippen molar-refractivity contribution in [2.45, 2.75) is 31.4 Å². The quantitative estimate of drug-likeness (QED) is 0.806. The molecule has 0 spiro atoms. The van der Waals surface area contributed by atoms with Crippen LogP contribution in [-0.4, -0.2) is 32.5 Å². The maximum absolute atomic E-state index is 6.37. The molecule has 4 nitrogen and oxygen atoms in total. The van der Waals surface area contributed by atoms with E-state index in [2.05, 4.69) is 22.9 Å². The highest BCUT2D eigenvalue weighted by Gasteiger charge is 2.37. The van der Waals surface area contributed by atoms with Crippen LogP contribution in [0.2, 0.25) is 0 Å². The second-order valence-electron chi connectivity index (χ2n) is 5.27. The summed E-state index contributed by atoms with van der Waals surface area (Å²) in [6.07, 6.45) is 2.07. The molecule has 0 aliphatic carbocycles. The highest BCUT2D eigenvalue weighted by atomic mass is 79.9. The molecule has 1 heterocycles. The normalized spacial score (nSPS) is 23.8. The van der Waals surface area contributed by atoms with E-state index in [1.165, 1.54) is 0 Å². The molecule has 0 aromatic heterocycles. The van der Waals surface area contributed by atoms with E-state index in [9.17, 15) is 0 Å². The van der Waals surface area contributed by atoms with Gasteiger partial charge in [-0.2, -0.15) is 0 Å². The molecule has 1 aliphatic rings. The second kappa shape index (κ2) is 6.89. The molecular weight excluding hydrogens is 322 g/mol. The van der Waals surface area contributed by atoms with Crippen molar-refractivity contribution in [2.24, 2.45) is 5.73 Å². The van der Waals surface area contributed by atoms with Crippen molar-refractivity contribution < 1.29 is 14.2 Å². The lowest BCUT2D eigenvalue weighted by Crippen LogP contribution is -2.37. The van der Waals surface area contributed by atoms with Crippen LogP contribution in [0.4, 0.5) is 0 Å². The van der Waals surface area contributed by atoms with Gasteiger partial charge in [0.05, 0.1) is 22.7 Å². The summed E-state index contributed by atoms with van der Waals surface area (Å²) in [6.45, 7) is 3.98. The molecule has 1 aliphatic heterocycles. The Bertz CT molecular complexity index is 447. The molecule has 2 rings (SSSR count). The van der Waals surface area contributed by atoms with Crippen molar-refractivity contribution in [3.05, 3.63) is 28.2 Å². The zero-order chi connectivity index (χ0) is 14.6. The lowest BCUT2D eigenvalue weighted by atomic mass is 9.88. The Hall–Kier alpha value is -0.620. The molecule has 20 heavy (non-hydrogen) atoms. The van der Waals surface area contributed by atoms with E-state index in [-0.39, 0.29) is 11.6 Å². The van der Waals surface area contributed by atoms with Crippen LogP contribution in [0, 0.1) is 0 Å². The minimum Gasteiger partial charge on any atom is -0.490 e. The zero-order valence-electron chi connectivity index (χ0n) is 12.0. The molecule has 0 bridgehead atoms. The maximum Gasteiger partial charge on any atom is 0.133 e. The topological polar surface area (TPSA) is 53.7 Å². The average Bonchev–Trinajstić information content (AvgIpc) is 2.88. The first-order chi connectivity index (χ1) is 9.57. The molecule has 1 aromatic rings. The Morgan fingerprint density at radius 3 is 2.85 bits per heavy atom. The maximum atomic E-state index is 6.37. The minimum absolute atomic E-state index is 0.130. The molecule has 1 aromatic carbocycles. The van der Waals surface area contributed by atoms with E-state index in [1.807, 2.05) is 18.2 Å². The third-order valence-corrected chi connectivity index (χ3v) is 4.39. The van der Waals surface area contributed by atoms with Crippen LogP contribution in [0.25, 0.3) is 0 Å². The Kier molecular flexibility index (Phi) is 5.43. The number of ether oxygens (including phenoxy) is 3. The van der Waals surface area contributed by atoms with Crippen molar-refractivity contribution in [1.82, 2.24) is 0 Å². The van der Waals surface area contributed by atoms with Gasteiger partial charge in [0.2, 0.25) is 0 Å². The molecule has 112 valence electrons. The molecule has 0 saturated carbocycles. The van der Waals surface area contributed by atoms with Crippen molar-refractivity contribution in [1.29, 1.82) is 0 Å². The number of hydrogen-bond acceptors (Lipinski definition) is 4. The van der Waals surface area contributed by atoms with Crippen molar-refractivity contribution in [3.63, 3.8) is 0 Å². The lowest BCUT2D eigenvalue weighted by molar-refractivity contribution is -0.00176. The van der Waals surface area contributed by atoms with E-state index < -0.39 is 0 Å². The summed E-state index contributed by atoms with van der Waals surface area (Å²) in [7, 11) is 1.66. The fourth-order valence-corrected chi connectivity index (χ4v) is 2.97. The summed E-state index contributed by atoms with van der Waals surface area (Å²) in [5.74, 6) is 0.801. The van der Waals surface area contributed by atoms with Gasteiger partial charge in [-0.3, -0.25) is 0 Å². The molecule has 2 N–H and O–H groups in total. The molecule has 1 saturated heterocycles. The number of rotatable bonds is 6. The van der Waals surface area contributed by atoms with Gasteiger partial charge < -0.3 is 19.9 Å². The van der Waals surface area contributed by atoms with Gasteiger partial charge in [0.25, 0.3) is 0 Å². The van der Waals surface area contributed by atoms with Crippen LogP contribution in [0.1, 0.15) is 31.4 Å². The summed E-state index contributed by atoms with van der Waals surface area (Å²) in [5, 5.41) is 0. The third kappa shape index (κ3) is 3.52. The van der Waals surface area contributed by atoms with Gasteiger partial charge in [0.15, 0.2) is 0 Å². The van der Waals surface area contributed by atoms with Crippen LogP contribution >= 0.6 is 15.9 Å². The Morgan fingerprint density at radius 2 is 2.25 bits per heavy atom. The van der Waals surface area contributed by atoms with Crippen molar-refractivity contribution in [3.8, 4) is 5.75 Å². The predicted molar refractivity (Wildman–Crippen MR) is 82.0 cm³/mol. The summed E-state index contributed by atoms with van der Waals surface area (Å²) in [5.41, 5.74) is 7.16. The van der Waals surface area contributed by atoms with Gasteiger partial charge in [-0.25, -0.2) is 0 Å². The SMILES string of the molecule is COCCOc1ccc(C(N)C2(C)CCCO2)cc1Br. The summed E-state index contributed by atoms with van der Waals surface area (Å²) in [6, 6.07) is 5.83. The monoisotopic (exact) mass is 343 g/mol. The summed E-state index contributed by atoms with van der Waals surface area (Å²) < 4.78 is 17.3. The second-order valence-corrected chi connectivity index (χ2v) is 6.13. The lowest BCUT2D eigenvalue weighted by Gasteiger charge is -2.31. The van der Waals surface area contributed by atoms with Gasteiger partial charge in [-0.15, -0.1) is 0 Å². The Labute approximate surface area is 128 Å². The first-order valence-corrected chi connectivity index (χ1v) is 7.67. The molecule has 0 amide bonds. The van der Waals surface area contributed by atoms with Crippen LogP contribution < -0.4 is 10.5 Å². The third-order valence-electron chi connectivity index (χ3n) is 3.77. The van der Waals surface area contributed by atoms with E-state index in [1.54, 1.807) is 7.11 Å². The highest BCUT2D eigenvalue weighted by molar-refractivity contribution is 9.10. The number of nitrogens with two attached hydrogens (primary N) is 1. The van der Waals surface area contributed by atoms with E-state index >= 15 is 0 Å². The minimum atomic E-state index is -0.266. The molecule has 2 atom stereocenters. The van der Waals surface area contributed by atoms with E-state index in [0.29, 0.717) is 13.2 Å². The predicted octanol–water partition coefficient (Wildman–Crippen LogP) is 3.04. The fourth-order valence-electron chi connectivity index (χ4n) is 2.46. The van der Waals surface area contributed by atoms with Gasteiger partial charge in [-0.05, 0) is 53.4 Å². The summed E-state index contributed by atoms with van der Waals surface area (Å²) in [4.78, 5) is 0. The smallest absolute Gasteiger partial charge is 0.133 e. The largest absolute Gasteiger partial charge is 0.490 e. The van der Waals surface area contributed by atoms with E-state index in [0.717, 1.165) is 35.2 Å². The van der Waals surface area contributed by atoms with Crippen LogP contribution in [-0.2, 0) is 9.47 Å². The number of benzene rings is 1. The first kappa shape index (κ1) is 15.8. The van der Waals surface area contributed by atoms with Crippen molar-refractivity contribution >= 4 is 15.9 Å². The van der Waals surface area contributed by atoms with E-state index in [4.69, 9.17) is 19.9 Å². The highest BCUT2D eigenvalue weighted by Crippen LogP contribution is 2.37. The van der Waals surface area contributed by atoms with Crippen LogP contribution in [0.15, 0.2) is 22.7 Å². The number of halogens is 1. The number of methoxy groups -OCH3 is 1. The molecular formula is C15H22BrNO3. The molecule has 1 fully saturated rings. The Balaban J connectivity index is 2.08. The van der Waals surface area contributed by atoms with Gasteiger partial charge in [0, 0.05) is 13.7 Å². The van der Waals surface area contributed by atoms with Gasteiger partial charge >= 0.3 is 0 Å². The number of hydrogen-bond donors (Lipinski definition) is 1. The van der Waals surface area contributed by atoms with Gasteiger partial charge in [0.1, 0.15) is 12.4 Å². The van der Waals surface area contributed by atoms with Crippen LogP contribution in [0.5, 0.6) is 5.75 Å². The molecule has 5 heteroatoms. The fraction of sp³-hybridized carbons (Fsp3) is 0.600. The first-order valence-electron chi connectivity index (χ1n) is 6.87. The molecule has 0 radical (unpaired) electrons. The standard InChI is InChI=1S/C15H22BrNO3/c1-15(6-3-7-20-15)14(17)11-4-5-13(12(16)10-11)19-9-8-18-2/h4-5,10,14H,3,6-9,17H2,1-2H3. The Morgan fingerprint density at radius 1 is 1.45 bits per heavy atom. The summed E-state index contributed by atoms with van der Waals surface area (Å²) >= 11 is 3.53. The van der Waals surface area contributed by atoms with Crippen LogP contribution in [0.3, 0.4) is 0 Å². The zero-order valence-corrected chi connectivity index (χ0v) is 13.6. The molecule has 2 unspecified atom stereocenters. The average molecular weight is 344 g/mol. The van der Waals surface area contributed by atoms with Gasteiger partial charge in [-0.1, -0.05) is 6.07 Å². The van der Waals surface area contributed by atoms with Crippen molar-refractivity contribution in [2.75, 3.05) is 26.9 Å².